The summed E-state index contributed by atoms with van der Waals surface area (Å²) in [7, 11) is 0. The van der Waals surface area contributed by atoms with E-state index < -0.39 is 17.6 Å². The Balaban J connectivity index is 1.83. The van der Waals surface area contributed by atoms with Crippen molar-refractivity contribution in [3.63, 3.8) is 0 Å². The number of carbonyl (C=O) groups excluding carboxylic acids is 2. The summed E-state index contributed by atoms with van der Waals surface area (Å²) in [5.41, 5.74) is 2.79. The van der Waals surface area contributed by atoms with E-state index in [4.69, 9.17) is 0 Å². The quantitative estimate of drug-likeness (QED) is 0.331. The summed E-state index contributed by atoms with van der Waals surface area (Å²) in [5, 5.41) is 16.9. The number of hydrogen-bond donors (Lipinski definition) is 4. The topological polar surface area (TPSA) is 122 Å². The first kappa shape index (κ1) is 17.7. The molecule has 2 aromatic rings. The van der Waals surface area contributed by atoms with E-state index >= 15 is 0 Å². The van der Waals surface area contributed by atoms with Crippen molar-refractivity contribution in [1.82, 2.24) is 10.7 Å². The van der Waals surface area contributed by atoms with Crippen LogP contribution in [0.2, 0.25) is 0 Å². The minimum absolute atomic E-state index is 0.0961. The average Bonchev–Trinajstić information content (AvgIpc) is 2.60. The molecule has 0 atom stereocenters. The zero-order valence-corrected chi connectivity index (χ0v) is 12.8. The number of hydrazone groups is 1. The first-order valence-corrected chi connectivity index (χ1v) is 7.07. The highest BCUT2D eigenvalue weighted by atomic mass is 19.1. The molecule has 0 aromatic heterocycles. The molecule has 0 saturated heterocycles. The summed E-state index contributed by atoms with van der Waals surface area (Å²) in [5.74, 6) is -1.97. The van der Waals surface area contributed by atoms with Crippen molar-refractivity contribution in [3.8, 4) is 5.75 Å². The maximum atomic E-state index is 13.0. The minimum Gasteiger partial charge on any atom is -0.506 e. The van der Waals surface area contributed by atoms with E-state index in [2.05, 4.69) is 21.0 Å². The second kappa shape index (κ2) is 8.29. The molecule has 0 aliphatic carbocycles. The Morgan fingerprint density at radius 3 is 2.72 bits per heavy atom. The molecular weight excluding hydrogens is 331 g/mol. The first-order valence-electron chi connectivity index (χ1n) is 7.07. The molecule has 2 aromatic carbocycles. The molecule has 0 saturated carbocycles. The molecule has 4 N–H and O–H groups in total. The highest BCUT2D eigenvalue weighted by molar-refractivity contribution is 5.96. The number of benzene rings is 2. The maximum absolute atomic E-state index is 13.0. The molecule has 0 heterocycles. The lowest BCUT2D eigenvalue weighted by Gasteiger charge is -2.02. The number of nitrogens with one attached hydrogen (secondary N) is 3. The molecule has 0 spiro atoms. The van der Waals surface area contributed by atoms with Crippen molar-refractivity contribution in [2.24, 2.45) is 5.18 Å². The Morgan fingerprint density at radius 2 is 2.04 bits per heavy atom. The summed E-state index contributed by atoms with van der Waals surface area (Å²) in [6.45, 7) is -0.324. The van der Waals surface area contributed by atoms with Crippen LogP contribution >= 0.6 is 0 Å². The van der Waals surface area contributed by atoms with Gasteiger partial charge in [-0.15, -0.1) is 15.4 Å². The summed E-state index contributed by atoms with van der Waals surface area (Å²) >= 11 is 0. The van der Waals surface area contributed by atoms with Gasteiger partial charge in [0, 0.05) is 11.1 Å². The van der Waals surface area contributed by atoms with Crippen LogP contribution in [0, 0.1) is 10.7 Å². The van der Waals surface area contributed by atoms with E-state index in [0.29, 0.717) is 5.56 Å². The molecule has 0 aliphatic rings. The van der Waals surface area contributed by atoms with Crippen LogP contribution in [0.15, 0.2) is 47.6 Å². The number of nitroso groups, excluding NO2 is 1. The fourth-order valence-electron chi connectivity index (χ4n) is 1.84. The Labute approximate surface area is 141 Å². The van der Waals surface area contributed by atoms with E-state index in [0.717, 1.165) is 6.07 Å². The molecule has 0 bridgehead atoms. The zero-order valence-electron chi connectivity index (χ0n) is 12.8. The van der Waals surface area contributed by atoms with Gasteiger partial charge >= 0.3 is 0 Å². The first-order chi connectivity index (χ1) is 12.0. The molecular formula is C16H14FN4O4+. The normalized spacial score (nSPS) is 10.4. The number of rotatable bonds is 6. The van der Waals surface area contributed by atoms with Crippen molar-refractivity contribution < 1.29 is 24.2 Å². The van der Waals surface area contributed by atoms with Crippen molar-refractivity contribution in [1.29, 1.82) is 0 Å². The highest BCUT2D eigenvalue weighted by Gasteiger charge is 2.09. The molecule has 0 unspecified atom stereocenters. The number of aromatic hydroxyl groups is 1. The average molecular weight is 345 g/mol. The van der Waals surface area contributed by atoms with Crippen LogP contribution < -0.4 is 15.8 Å². The SMILES string of the molecule is O=Nc1ccc(/C=[NH+]/NC(=O)CNC(=O)c2cccc(F)c2)cc1O. The monoisotopic (exact) mass is 345 g/mol. The van der Waals surface area contributed by atoms with Crippen molar-refractivity contribution in [3.05, 3.63) is 64.3 Å². The fourth-order valence-corrected chi connectivity index (χ4v) is 1.84. The van der Waals surface area contributed by atoms with Crippen molar-refractivity contribution in [2.75, 3.05) is 6.54 Å². The van der Waals surface area contributed by atoms with Crippen LogP contribution in [-0.2, 0) is 4.79 Å². The van der Waals surface area contributed by atoms with Crippen molar-refractivity contribution >= 4 is 23.7 Å². The lowest BCUT2D eigenvalue weighted by Crippen LogP contribution is -2.82. The van der Waals surface area contributed by atoms with Crippen LogP contribution in [0.25, 0.3) is 0 Å². The number of hydrogen-bond acceptors (Lipinski definition) is 5. The Kier molecular flexibility index (Phi) is 5.88. The number of amides is 2. The number of carbonyl (C=O) groups is 2. The Hall–Kier alpha value is -3.62. The van der Waals surface area contributed by atoms with Gasteiger partial charge in [0.1, 0.15) is 23.8 Å². The third-order valence-corrected chi connectivity index (χ3v) is 3.04. The van der Waals surface area contributed by atoms with Gasteiger partial charge in [-0.1, -0.05) is 6.07 Å². The third-order valence-electron chi connectivity index (χ3n) is 3.04. The standard InChI is InChI=1S/C16H13FN4O4/c17-12-3-1-2-11(7-12)16(24)18-9-15(23)20-19-8-10-4-5-13(21-25)14(22)6-10/h1-8,22H,9H2,(H,18,24)(H,20,23)/p+1/b19-8+. The molecule has 9 heteroatoms. The van der Waals surface area contributed by atoms with Gasteiger partial charge in [0.25, 0.3) is 11.8 Å². The van der Waals surface area contributed by atoms with Gasteiger partial charge in [-0.25, -0.2) is 4.39 Å². The molecule has 128 valence electrons. The third kappa shape index (κ3) is 5.20. The second-order valence-corrected chi connectivity index (χ2v) is 4.87. The predicted octanol–water partition coefficient (Wildman–Crippen LogP) is -0.110. The van der Waals surface area contributed by atoms with Gasteiger partial charge in [-0.3, -0.25) is 9.59 Å². The van der Waals surface area contributed by atoms with E-state index in [9.17, 15) is 24.0 Å². The predicted molar refractivity (Wildman–Crippen MR) is 86.6 cm³/mol. The van der Waals surface area contributed by atoms with Gasteiger partial charge < -0.3 is 10.4 Å². The molecule has 2 rings (SSSR count). The highest BCUT2D eigenvalue weighted by Crippen LogP contribution is 2.25. The van der Waals surface area contributed by atoms with E-state index in [-0.39, 0.29) is 23.5 Å². The van der Waals surface area contributed by atoms with Gasteiger partial charge in [0.15, 0.2) is 6.21 Å². The molecule has 0 radical (unpaired) electrons. The van der Waals surface area contributed by atoms with Crippen LogP contribution in [0.4, 0.5) is 10.1 Å². The number of nitrogens with zero attached hydrogens (tertiary/aromatic N) is 1. The van der Waals surface area contributed by atoms with Gasteiger partial charge in [0.05, 0.1) is 0 Å². The minimum atomic E-state index is -0.583. The number of halogens is 1. The maximum Gasteiger partial charge on any atom is 0.293 e. The van der Waals surface area contributed by atoms with E-state index in [1.807, 2.05) is 0 Å². The zero-order chi connectivity index (χ0) is 18.2. The van der Waals surface area contributed by atoms with E-state index in [1.54, 1.807) is 0 Å². The van der Waals surface area contributed by atoms with Crippen LogP contribution in [0.1, 0.15) is 15.9 Å². The number of phenols is 1. The Bertz CT molecular complexity index is 839. The number of phenolic OH excluding ortho intramolecular Hbond substituents is 1. The lowest BCUT2D eigenvalue weighted by atomic mass is 10.2. The number of hydrazine groups is 1. The molecule has 2 amide bonds. The summed E-state index contributed by atoms with van der Waals surface area (Å²) in [6.07, 6.45) is 1.36. The largest absolute Gasteiger partial charge is 0.506 e. The summed E-state index contributed by atoms with van der Waals surface area (Å²) < 4.78 is 13.0. The lowest BCUT2D eigenvalue weighted by molar-refractivity contribution is -0.505. The van der Waals surface area contributed by atoms with E-state index in [1.165, 1.54) is 42.6 Å². The van der Waals surface area contributed by atoms with Crippen LogP contribution in [0.5, 0.6) is 5.75 Å². The molecule has 25 heavy (non-hydrogen) atoms. The summed E-state index contributed by atoms with van der Waals surface area (Å²) in [4.78, 5) is 33.7. The van der Waals surface area contributed by atoms with Gasteiger partial charge in [-0.05, 0) is 41.6 Å². The van der Waals surface area contributed by atoms with Crippen LogP contribution in [0.3, 0.4) is 0 Å². The Morgan fingerprint density at radius 1 is 1.24 bits per heavy atom. The molecule has 0 aliphatic heterocycles. The summed E-state index contributed by atoms with van der Waals surface area (Å²) in [6, 6.07) is 9.18. The van der Waals surface area contributed by atoms with Gasteiger partial charge in [-0.2, -0.15) is 0 Å². The van der Waals surface area contributed by atoms with Crippen LogP contribution in [-0.4, -0.2) is 29.7 Å². The second-order valence-electron chi connectivity index (χ2n) is 4.87. The molecule has 8 nitrogen and oxygen atoms in total. The van der Waals surface area contributed by atoms with Crippen molar-refractivity contribution in [2.45, 2.75) is 0 Å². The van der Waals surface area contributed by atoms with Gasteiger partial charge in [0.2, 0.25) is 0 Å². The smallest absolute Gasteiger partial charge is 0.293 e. The molecule has 0 fully saturated rings. The fraction of sp³-hybridized carbons (Fsp3) is 0.0625.